The molecule has 6 heteroatoms. The molecule has 0 saturated carbocycles. The van der Waals surface area contributed by atoms with Gasteiger partial charge in [-0.1, -0.05) is 6.92 Å². The highest BCUT2D eigenvalue weighted by atomic mass is 16.5. The molecule has 2 heterocycles. The molecule has 3 N–H and O–H groups in total. The van der Waals surface area contributed by atoms with Crippen molar-refractivity contribution in [3.63, 3.8) is 0 Å². The van der Waals surface area contributed by atoms with Crippen molar-refractivity contribution in [2.75, 3.05) is 6.61 Å². The van der Waals surface area contributed by atoms with Crippen molar-refractivity contribution in [3.8, 4) is 5.75 Å². The minimum Gasteiger partial charge on any atom is -0.492 e. The summed E-state index contributed by atoms with van der Waals surface area (Å²) in [6.45, 7) is 4.66. The van der Waals surface area contributed by atoms with E-state index in [-0.39, 0.29) is 6.04 Å². The number of nitrogens with two attached hydrogens (primary N) is 1. The molecular weight excluding hydrogens is 254 g/mol. The van der Waals surface area contributed by atoms with Crippen LogP contribution in [0.3, 0.4) is 0 Å². The first-order valence-electron chi connectivity index (χ1n) is 6.57. The van der Waals surface area contributed by atoms with E-state index in [4.69, 9.17) is 10.6 Å². The van der Waals surface area contributed by atoms with E-state index >= 15 is 0 Å². The fourth-order valence-corrected chi connectivity index (χ4v) is 1.76. The lowest BCUT2D eigenvalue weighted by atomic mass is 10.1. The summed E-state index contributed by atoms with van der Waals surface area (Å²) in [6.07, 6.45) is 7.88. The molecule has 0 aromatic carbocycles. The number of ether oxygens (including phenoxy) is 1. The van der Waals surface area contributed by atoms with Crippen molar-refractivity contribution < 1.29 is 4.74 Å². The molecule has 0 aliphatic heterocycles. The number of rotatable bonds is 6. The highest BCUT2D eigenvalue weighted by Crippen LogP contribution is 2.21. The van der Waals surface area contributed by atoms with Crippen LogP contribution in [-0.2, 0) is 0 Å². The lowest BCUT2D eigenvalue weighted by molar-refractivity contribution is 0.315. The van der Waals surface area contributed by atoms with Crippen molar-refractivity contribution in [1.82, 2.24) is 20.4 Å². The number of hydrazine groups is 1. The van der Waals surface area contributed by atoms with E-state index in [0.717, 1.165) is 23.3 Å². The van der Waals surface area contributed by atoms with Gasteiger partial charge in [-0.25, -0.2) is 15.4 Å². The molecule has 2 rings (SSSR count). The molecule has 0 saturated heterocycles. The van der Waals surface area contributed by atoms with Gasteiger partial charge in [0.1, 0.15) is 11.8 Å². The van der Waals surface area contributed by atoms with Gasteiger partial charge in [0.2, 0.25) is 0 Å². The number of nitrogens with one attached hydrogen (secondary N) is 1. The van der Waals surface area contributed by atoms with E-state index in [2.05, 4.69) is 27.3 Å². The summed E-state index contributed by atoms with van der Waals surface area (Å²) in [7, 11) is 0. The van der Waals surface area contributed by atoms with Gasteiger partial charge < -0.3 is 4.74 Å². The molecule has 6 nitrogen and oxygen atoms in total. The molecule has 0 fully saturated rings. The molecule has 2 aromatic heterocycles. The van der Waals surface area contributed by atoms with E-state index in [9.17, 15) is 0 Å². The van der Waals surface area contributed by atoms with E-state index in [1.165, 1.54) is 0 Å². The zero-order chi connectivity index (χ0) is 14.4. The average Bonchev–Trinajstić information content (AvgIpc) is 2.48. The normalized spacial score (nSPS) is 12.2. The Kier molecular flexibility index (Phi) is 4.97. The first kappa shape index (κ1) is 14.4. The third-order valence-electron chi connectivity index (χ3n) is 2.77. The minimum absolute atomic E-state index is 0.312. The second-order valence-electron chi connectivity index (χ2n) is 4.52. The second-order valence-corrected chi connectivity index (χ2v) is 4.52. The molecule has 2 aromatic rings. The van der Waals surface area contributed by atoms with Crippen molar-refractivity contribution in [2.45, 2.75) is 26.3 Å². The summed E-state index contributed by atoms with van der Waals surface area (Å²) in [5.41, 5.74) is 4.59. The van der Waals surface area contributed by atoms with E-state index in [0.29, 0.717) is 12.4 Å². The maximum absolute atomic E-state index is 5.63. The summed E-state index contributed by atoms with van der Waals surface area (Å²) in [5.74, 6) is 6.95. The van der Waals surface area contributed by atoms with Crippen LogP contribution in [0, 0.1) is 6.92 Å². The highest BCUT2D eigenvalue weighted by Gasteiger charge is 2.16. The van der Waals surface area contributed by atoms with E-state index < -0.39 is 0 Å². The summed E-state index contributed by atoms with van der Waals surface area (Å²) >= 11 is 0. The van der Waals surface area contributed by atoms with Gasteiger partial charge in [-0.3, -0.25) is 10.8 Å². The van der Waals surface area contributed by atoms with Crippen molar-refractivity contribution >= 4 is 0 Å². The predicted molar refractivity (Wildman–Crippen MR) is 76.0 cm³/mol. The Morgan fingerprint density at radius 3 is 2.65 bits per heavy atom. The highest BCUT2D eigenvalue weighted by molar-refractivity contribution is 5.29. The lowest BCUT2D eigenvalue weighted by Gasteiger charge is -2.15. The van der Waals surface area contributed by atoms with Crippen LogP contribution in [0.1, 0.15) is 36.3 Å². The molecule has 0 aliphatic carbocycles. The largest absolute Gasteiger partial charge is 0.492 e. The van der Waals surface area contributed by atoms with Gasteiger partial charge in [0.15, 0.2) is 5.82 Å². The smallest absolute Gasteiger partial charge is 0.150 e. The SMILES string of the molecule is CCCOc1cncc(C(NN)c2ncc(C)cn2)c1. The summed E-state index contributed by atoms with van der Waals surface area (Å²) in [4.78, 5) is 12.8. The van der Waals surface area contributed by atoms with Crippen LogP contribution >= 0.6 is 0 Å². The summed E-state index contributed by atoms with van der Waals surface area (Å²) < 4.78 is 5.57. The first-order valence-corrected chi connectivity index (χ1v) is 6.57. The molecule has 20 heavy (non-hydrogen) atoms. The van der Waals surface area contributed by atoms with Crippen LogP contribution in [0.15, 0.2) is 30.9 Å². The third-order valence-corrected chi connectivity index (χ3v) is 2.77. The molecule has 0 bridgehead atoms. The van der Waals surface area contributed by atoms with E-state index in [1.54, 1.807) is 24.8 Å². The molecule has 0 aliphatic rings. The Hall–Kier alpha value is -2.05. The number of pyridine rings is 1. The molecule has 106 valence electrons. The topological polar surface area (TPSA) is 86.0 Å². The Bertz CT molecular complexity index is 544. The Morgan fingerprint density at radius 2 is 2.00 bits per heavy atom. The monoisotopic (exact) mass is 273 g/mol. The lowest BCUT2D eigenvalue weighted by Crippen LogP contribution is -2.30. The number of hydrogen-bond acceptors (Lipinski definition) is 6. The standard InChI is InChI=1S/C14H19N5O/c1-3-4-20-12-5-11(8-16-9-12)13(19-15)14-17-6-10(2)7-18-14/h5-9,13,19H,3-4,15H2,1-2H3. The number of hydrogen-bond donors (Lipinski definition) is 2. The van der Waals surface area contributed by atoms with Gasteiger partial charge in [-0.15, -0.1) is 0 Å². The van der Waals surface area contributed by atoms with Crippen molar-refractivity contribution in [2.24, 2.45) is 5.84 Å². The van der Waals surface area contributed by atoms with Gasteiger partial charge in [0.05, 0.1) is 12.8 Å². The van der Waals surface area contributed by atoms with Crippen LogP contribution in [0.25, 0.3) is 0 Å². The number of aryl methyl sites for hydroxylation is 1. The first-order chi connectivity index (χ1) is 9.74. The third kappa shape index (κ3) is 3.49. The summed E-state index contributed by atoms with van der Waals surface area (Å²) in [5, 5.41) is 0. The summed E-state index contributed by atoms with van der Waals surface area (Å²) in [6, 6.07) is 1.59. The van der Waals surface area contributed by atoms with Crippen molar-refractivity contribution in [1.29, 1.82) is 0 Å². The van der Waals surface area contributed by atoms with Gasteiger partial charge in [0.25, 0.3) is 0 Å². The van der Waals surface area contributed by atoms with Gasteiger partial charge in [-0.2, -0.15) is 0 Å². The van der Waals surface area contributed by atoms with Gasteiger partial charge >= 0.3 is 0 Å². The molecule has 1 atom stereocenters. The van der Waals surface area contributed by atoms with Crippen LogP contribution in [0.2, 0.25) is 0 Å². The average molecular weight is 273 g/mol. The fraction of sp³-hybridized carbons (Fsp3) is 0.357. The van der Waals surface area contributed by atoms with Gasteiger partial charge in [0, 0.05) is 18.6 Å². The van der Waals surface area contributed by atoms with Crippen LogP contribution in [0.5, 0.6) is 5.75 Å². The molecule has 0 radical (unpaired) electrons. The second kappa shape index (κ2) is 6.93. The molecular formula is C14H19N5O. The van der Waals surface area contributed by atoms with Crippen LogP contribution < -0.4 is 16.0 Å². The fourth-order valence-electron chi connectivity index (χ4n) is 1.76. The number of aromatic nitrogens is 3. The van der Waals surface area contributed by atoms with Crippen LogP contribution in [-0.4, -0.2) is 21.6 Å². The molecule has 1 unspecified atom stereocenters. The zero-order valence-corrected chi connectivity index (χ0v) is 11.7. The maximum atomic E-state index is 5.63. The maximum Gasteiger partial charge on any atom is 0.150 e. The van der Waals surface area contributed by atoms with Crippen molar-refractivity contribution in [3.05, 3.63) is 47.8 Å². The Labute approximate surface area is 118 Å². The minimum atomic E-state index is -0.312. The molecule has 0 amide bonds. The molecule has 0 spiro atoms. The Morgan fingerprint density at radius 1 is 1.25 bits per heavy atom. The zero-order valence-electron chi connectivity index (χ0n) is 11.7. The van der Waals surface area contributed by atoms with Crippen LogP contribution in [0.4, 0.5) is 0 Å². The quantitative estimate of drug-likeness (QED) is 0.613. The van der Waals surface area contributed by atoms with E-state index in [1.807, 2.05) is 13.0 Å². The number of nitrogens with zero attached hydrogens (tertiary/aromatic N) is 3. The van der Waals surface area contributed by atoms with Gasteiger partial charge in [-0.05, 0) is 30.5 Å². The predicted octanol–water partition coefficient (Wildman–Crippen LogP) is 1.52. The Balaban J connectivity index is 2.24.